The van der Waals surface area contributed by atoms with Crippen LogP contribution in [0.5, 0.6) is 5.88 Å². The van der Waals surface area contributed by atoms with Gasteiger partial charge in [0.25, 0.3) is 0 Å². The lowest BCUT2D eigenvalue weighted by Gasteiger charge is -2.23. The van der Waals surface area contributed by atoms with Crippen LogP contribution in [0.1, 0.15) is 30.9 Å². The first-order valence-electron chi connectivity index (χ1n) is 6.91. The third-order valence-corrected chi connectivity index (χ3v) is 3.17. The molecular weight excluding hydrogens is 270 g/mol. The van der Waals surface area contributed by atoms with Gasteiger partial charge in [0.1, 0.15) is 29.3 Å². The molecule has 0 fully saturated rings. The Hall–Kier alpha value is -2.08. The van der Waals surface area contributed by atoms with E-state index in [1.165, 1.54) is 6.33 Å². The second-order valence-electron chi connectivity index (χ2n) is 5.13. The number of nitrogens with one attached hydrogen (secondary N) is 1. The summed E-state index contributed by atoms with van der Waals surface area (Å²) in [6.07, 6.45) is 1.43. The maximum atomic E-state index is 10.6. The zero-order chi connectivity index (χ0) is 15.5. The maximum absolute atomic E-state index is 10.6. The molecule has 0 saturated carbocycles. The van der Waals surface area contributed by atoms with Crippen LogP contribution in [-0.4, -0.2) is 28.2 Å². The van der Waals surface area contributed by atoms with Crippen molar-refractivity contribution in [1.82, 2.24) is 9.97 Å². The molecule has 1 atom stereocenters. The summed E-state index contributed by atoms with van der Waals surface area (Å²) >= 11 is 0. The van der Waals surface area contributed by atoms with Crippen molar-refractivity contribution in [3.8, 4) is 5.88 Å². The number of hydrogen-bond donors (Lipinski definition) is 2. The van der Waals surface area contributed by atoms with Gasteiger partial charge in [-0.3, -0.25) is 0 Å². The van der Waals surface area contributed by atoms with Gasteiger partial charge in [0, 0.05) is 18.2 Å². The van der Waals surface area contributed by atoms with Crippen molar-refractivity contribution in [3.05, 3.63) is 35.5 Å². The quantitative estimate of drug-likeness (QED) is 0.850. The molecule has 0 bridgehead atoms. The highest BCUT2D eigenvalue weighted by atomic mass is 16.5. The van der Waals surface area contributed by atoms with E-state index in [1.807, 2.05) is 26.8 Å². The summed E-state index contributed by atoms with van der Waals surface area (Å²) < 4.78 is 10.8. The molecule has 0 aliphatic rings. The molecule has 0 amide bonds. The van der Waals surface area contributed by atoms with Crippen molar-refractivity contribution in [2.75, 3.05) is 18.5 Å². The lowest BCUT2D eigenvalue weighted by atomic mass is 9.96. The monoisotopic (exact) mass is 291 g/mol. The third-order valence-electron chi connectivity index (χ3n) is 3.17. The number of aromatic nitrogens is 2. The van der Waals surface area contributed by atoms with Crippen molar-refractivity contribution < 1.29 is 14.3 Å². The Morgan fingerprint density at radius 1 is 1.33 bits per heavy atom. The summed E-state index contributed by atoms with van der Waals surface area (Å²) in [6.45, 7) is 8.18. The van der Waals surface area contributed by atoms with E-state index in [9.17, 15) is 5.11 Å². The minimum Gasteiger partial charge on any atom is -0.478 e. The van der Waals surface area contributed by atoms with Crippen molar-refractivity contribution >= 4 is 5.82 Å². The fourth-order valence-corrected chi connectivity index (χ4v) is 2.19. The highest BCUT2D eigenvalue weighted by molar-refractivity contribution is 5.38. The van der Waals surface area contributed by atoms with Gasteiger partial charge in [-0.05, 0) is 33.8 Å². The number of aliphatic hydroxyl groups is 1. The molecule has 0 aromatic carbocycles. The Morgan fingerprint density at radius 3 is 2.71 bits per heavy atom. The second-order valence-corrected chi connectivity index (χ2v) is 5.13. The highest BCUT2D eigenvalue weighted by Gasteiger charge is 2.27. The molecule has 2 rings (SSSR count). The van der Waals surface area contributed by atoms with Crippen LogP contribution in [0.3, 0.4) is 0 Å². The molecule has 1 unspecified atom stereocenters. The van der Waals surface area contributed by atoms with Gasteiger partial charge in [0.05, 0.1) is 6.61 Å². The molecule has 21 heavy (non-hydrogen) atoms. The molecule has 0 radical (unpaired) electrons. The van der Waals surface area contributed by atoms with Gasteiger partial charge < -0.3 is 19.6 Å². The average molecular weight is 291 g/mol. The van der Waals surface area contributed by atoms with Crippen LogP contribution in [0.4, 0.5) is 5.82 Å². The second kappa shape index (κ2) is 6.13. The van der Waals surface area contributed by atoms with Crippen LogP contribution in [0.25, 0.3) is 0 Å². The number of furan rings is 1. The first-order chi connectivity index (χ1) is 9.92. The Bertz CT molecular complexity index is 608. The van der Waals surface area contributed by atoms with Gasteiger partial charge in [-0.2, -0.15) is 0 Å². The fourth-order valence-electron chi connectivity index (χ4n) is 2.19. The van der Waals surface area contributed by atoms with Crippen molar-refractivity contribution in [2.24, 2.45) is 0 Å². The van der Waals surface area contributed by atoms with E-state index in [0.717, 1.165) is 17.1 Å². The number of nitrogens with zero attached hydrogens (tertiary/aromatic N) is 2. The fraction of sp³-hybridized carbons (Fsp3) is 0.467. The number of anilines is 1. The molecule has 0 aliphatic carbocycles. The summed E-state index contributed by atoms with van der Waals surface area (Å²) in [6, 6.07) is 3.55. The molecule has 2 aromatic rings. The van der Waals surface area contributed by atoms with E-state index in [4.69, 9.17) is 9.15 Å². The Balaban J connectivity index is 2.07. The summed E-state index contributed by atoms with van der Waals surface area (Å²) in [5.74, 6) is 2.61. The first kappa shape index (κ1) is 15.3. The molecule has 2 heterocycles. The lowest BCUT2D eigenvalue weighted by Crippen LogP contribution is -2.31. The van der Waals surface area contributed by atoms with E-state index in [0.29, 0.717) is 24.8 Å². The summed E-state index contributed by atoms with van der Waals surface area (Å²) in [4.78, 5) is 8.11. The molecule has 0 aliphatic heterocycles. The van der Waals surface area contributed by atoms with Gasteiger partial charge in [0.2, 0.25) is 5.88 Å². The van der Waals surface area contributed by atoms with E-state index in [2.05, 4.69) is 15.3 Å². The molecule has 114 valence electrons. The zero-order valence-electron chi connectivity index (χ0n) is 12.8. The smallest absolute Gasteiger partial charge is 0.218 e. The first-order valence-corrected chi connectivity index (χ1v) is 6.91. The third kappa shape index (κ3) is 3.72. The highest BCUT2D eigenvalue weighted by Crippen LogP contribution is 2.27. The van der Waals surface area contributed by atoms with Crippen LogP contribution >= 0.6 is 0 Å². The number of aryl methyl sites for hydroxylation is 2. The van der Waals surface area contributed by atoms with E-state index in [1.54, 1.807) is 13.0 Å². The lowest BCUT2D eigenvalue weighted by molar-refractivity contribution is 0.0698. The van der Waals surface area contributed by atoms with Crippen LogP contribution in [0, 0.1) is 13.8 Å². The topological polar surface area (TPSA) is 80.4 Å². The minimum atomic E-state index is -1.06. The standard InChI is InChI=1S/C15H21N3O3/c1-5-20-14-7-13(17-9-18-14)16-8-15(4,19)12-6-10(2)21-11(12)3/h6-7,9,19H,5,8H2,1-4H3,(H,16,17,18). The molecule has 0 spiro atoms. The summed E-state index contributed by atoms with van der Waals surface area (Å²) in [5, 5.41) is 13.7. The molecule has 2 aromatic heterocycles. The SMILES string of the molecule is CCOc1cc(NCC(C)(O)c2cc(C)oc2C)ncn1. The normalized spacial score (nSPS) is 13.8. The van der Waals surface area contributed by atoms with Gasteiger partial charge in [-0.1, -0.05) is 0 Å². The van der Waals surface area contributed by atoms with Crippen LogP contribution in [-0.2, 0) is 5.60 Å². The number of ether oxygens (including phenoxy) is 1. The number of rotatable bonds is 6. The summed E-state index contributed by atoms with van der Waals surface area (Å²) in [5.41, 5.74) is -0.287. The molecule has 0 saturated heterocycles. The Kier molecular flexibility index (Phi) is 4.47. The van der Waals surface area contributed by atoms with Crippen molar-refractivity contribution in [3.63, 3.8) is 0 Å². The van der Waals surface area contributed by atoms with E-state index < -0.39 is 5.60 Å². The predicted molar refractivity (Wildman–Crippen MR) is 79.4 cm³/mol. The van der Waals surface area contributed by atoms with Crippen molar-refractivity contribution in [1.29, 1.82) is 0 Å². The summed E-state index contributed by atoms with van der Waals surface area (Å²) in [7, 11) is 0. The van der Waals surface area contributed by atoms with Gasteiger partial charge in [-0.15, -0.1) is 0 Å². The Morgan fingerprint density at radius 2 is 2.10 bits per heavy atom. The largest absolute Gasteiger partial charge is 0.478 e. The van der Waals surface area contributed by atoms with Crippen molar-refractivity contribution in [2.45, 2.75) is 33.3 Å². The van der Waals surface area contributed by atoms with Crippen LogP contribution in [0.2, 0.25) is 0 Å². The number of hydrogen-bond acceptors (Lipinski definition) is 6. The molecule has 6 heteroatoms. The van der Waals surface area contributed by atoms with Crippen LogP contribution < -0.4 is 10.1 Å². The van der Waals surface area contributed by atoms with Gasteiger partial charge in [-0.25, -0.2) is 9.97 Å². The zero-order valence-corrected chi connectivity index (χ0v) is 12.8. The van der Waals surface area contributed by atoms with Crippen LogP contribution in [0.15, 0.2) is 22.9 Å². The average Bonchev–Trinajstić information content (AvgIpc) is 2.77. The minimum absolute atomic E-state index is 0.301. The van der Waals surface area contributed by atoms with E-state index in [-0.39, 0.29) is 0 Å². The molecule has 6 nitrogen and oxygen atoms in total. The van der Waals surface area contributed by atoms with Gasteiger partial charge in [0.15, 0.2) is 0 Å². The molecular formula is C15H21N3O3. The van der Waals surface area contributed by atoms with Gasteiger partial charge >= 0.3 is 0 Å². The Labute approximate surface area is 124 Å². The molecule has 2 N–H and O–H groups in total. The maximum Gasteiger partial charge on any atom is 0.218 e. The van der Waals surface area contributed by atoms with E-state index >= 15 is 0 Å². The predicted octanol–water partition coefficient (Wildman–Crippen LogP) is 2.40.